The highest BCUT2D eigenvalue weighted by Crippen LogP contribution is 2.44. The number of likely N-dealkylation sites (tertiary alicyclic amines) is 1. The summed E-state index contributed by atoms with van der Waals surface area (Å²) in [6, 6.07) is 6.55. The molecule has 1 atom stereocenters. The highest BCUT2D eigenvalue weighted by atomic mass is 16.6. The highest BCUT2D eigenvalue weighted by Gasteiger charge is 2.43. The van der Waals surface area contributed by atoms with Crippen molar-refractivity contribution in [3.05, 3.63) is 29.3 Å². The van der Waals surface area contributed by atoms with Gasteiger partial charge in [0, 0.05) is 24.1 Å². The summed E-state index contributed by atoms with van der Waals surface area (Å²) in [7, 11) is 0. The number of hydrogen-bond donors (Lipinski definition) is 0. The number of esters is 1. The fraction of sp³-hybridized carbons (Fsp3) is 0.650. The van der Waals surface area contributed by atoms with Crippen LogP contribution in [0.4, 0.5) is 0 Å². The predicted molar refractivity (Wildman–Crippen MR) is 94.5 cm³/mol. The molecule has 3 rings (SSSR count). The molecule has 2 heterocycles. The van der Waals surface area contributed by atoms with E-state index in [1.165, 1.54) is 11.1 Å². The molecule has 1 spiro atoms. The van der Waals surface area contributed by atoms with Crippen LogP contribution in [0.25, 0.3) is 0 Å². The number of carbonyl (C=O) groups is 1. The molecule has 2 aliphatic heterocycles. The van der Waals surface area contributed by atoms with Crippen molar-refractivity contribution in [2.75, 3.05) is 26.2 Å². The van der Waals surface area contributed by atoms with Crippen molar-refractivity contribution in [2.45, 2.75) is 58.0 Å². The van der Waals surface area contributed by atoms with Crippen LogP contribution in [0.5, 0.6) is 5.75 Å². The molecule has 0 radical (unpaired) electrons. The van der Waals surface area contributed by atoms with Gasteiger partial charge in [-0.25, -0.2) is 0 Å². The van der Waals surface area contributed by atoms with Crippen molar-refractivity contribution in [1.29, 1.82) is 0 Å². The highest BCUT2D eigenvalue weighted by molar-refractivity contribution is 5.70. The Morgan fingerprint density at radius 3 is 2.92 bits per heavy atom. The van der Waals surface area contributed by atoms with E-state index in [1.807, 2.05) is 20.8 Å². The van der Waals surface area contributed by atoms with Crippen LogP contribution in [0.3, 0.4) is 0 Å². The van der Waals surface area contributed by atoms with Gasteiger partial charge >= 0.3 is 5.97 Å². The van der Waals surface area contributed by atoms with E-state index in [2.05, 4.69) is 30.0 Å². The van der Waals surface area contributed by atoms with Gasteiger partial charge in [0.15, 0.2) is 0 Å². The van der Waals surface area contributed by atoms with Crippen LogP contribution >= 0.6 is 0 Å². The van der Waals surface area contributed by atoms with Crippen LogP contribution in [0.1, 0.15) is 51.2 Å². The smallest absolute Gasteiger partial charge is 0.307 e. The van der Waals surface area contributed by atoms with Crippen molar-refractivity contribution >= 4 is 5.97 Å². The minimum absolute atomic E-state index is 0.0925. The van der Waals surface area contributed by atoms with Crippen LogP contribution in [-0.4, -0.2) is 42.7 Å². The zero-order chi connectivity index (χ0) is 17.4. The summed E-state index contributed by atoms with van der Waals surface area (Å²) in [6.07, 6.45) is 2.76. The van der Waals surface area contributed by atoms with Gasteiger partial charge in [0.1, 0.15) is 11.4 Å². The lowest BCUT2D eigenvalue weighted by Gasteiger charge is -2.39. The lowest BCUT2D eigenvalue weighted by Crippen LogP contribution is -2.47. The Kier molecular flexibility index (Phi) is 4.60. The van der Waals surface area contributed by atoms with Gasteiger partial charge in [0.2, 0.25) is 0 Å². The molecule has 1 unspecified atom stereocenters. The fourth-order valence-electron chi connectivity index (χ4n) is 3.88. The zero-order valence-electron chi connectivity index (χ0n) is 15.4. The molecule has 1 saturated heterocycles. The van der Waals surface area contributed by atoms with Gasteiger partial charge in [-0.2, -0.15) is 0 Å². The van der Waals surface area contributed by atoms with Crippen molar-refractivity contribution in [3.8, 4) is 5.75 Å². The largest absolute Gasteiger partial charge is 0.492 e. The zero-order valence-corrected chi connectivity index (χ0v) is 15.4. The van der Waals surface area contributed by atoms with Crippen molar-refractivity contribution < 1.29 is 14.3 Å². The first kappa shape index (κ1) is 17.3. The molecule has 2 aliphatic rings. The average molecular weight is 331 g/mol. The van der Waals surface area contributed by atoms with Crippen molar-refractivity contribution in [3.63, 3.8) is 0 Å². The molecule has 0 amide bonds. The number of fused-ring (bicyclic) bond motifs is 2. The normalized spacial score (nSPS) is 23.8. The molecule has 0 N–H and O–H groups in total. The van der Waals surface area contributed by atoms with Gasteiger partial charge in [-0.05, 0) is 58.7 Å². The van der Waals surface area contributed by atoms with E-state index in [0.717, 1.165) is 44.8 Å². The van der Waals surface area contributed by atoms with Gasteiger partial charge in [-0.15, -0.1) is 0 Å². The van der Waals surface area contributed by atoms with Crippen LogP contribution < -0.4 is 4.74 Å². The van der Waals surface area contributed by atoms with Crippen LogP contribution in [0, 0.1) is 6.92 Å². The average Bonchev–Trinajstić information content (AvgIpc) is 2.81. The standard InChI is InChI=1S/C20H29NO3/c1-15-6-7-16-17(12-15)23-14-20(16)9-5-10-21(13-20)11-8-18(22)24-19(2,3)4/h6-7,12H,5,8-11,13-14H2,1-4H3. The molecule has 24 heavy (non-hydrogen) atoms. The Balaban J connectivity index is 1.63. The Hall–Kier alpha value is -1.55. The van der Waals surface area contributed by atoms with E-state index in [0.29, 0.717) is 6.42 Å². The first-order valence-electron chi connectivity index (χ1n) is 8.96. The topological polar surface area (TPSA) is 38.8 Å². The molecule has 0 bridgehead atoms. The monoisotopic (exact) mass is 331 g/mol. The Labute approximate surface area is 145 Å². The van der Waals surface area contributed by atoms with Crippen LogP contribution in [0.15, 0.2) is 18.2 Å². The molecule has 1 aromatic rings. The van der Waals surface area contributed by atoms with E-state index < -0.39 is 5.60 Å². The number of nitrogens with zero attached hydrogens (tertiary/aromatic N) is 1. The lowest BCUT2D eigenvalue weighted by molar-refractivity contribution is -0.155. The van der Waals surface area contributed by atoms with E-state index in [4.69, 9.17) is 9.47 Å². The van der Waals surface area contributed by atoms with E-state index in [9.17, 15) is 4.79 Å². The first-order chi connectivity index (χ1) is 11.3. The third-order valence-corrected chi connectivity index (χ3v) is 4.92. The quantitative estimate of drug-likeness (QED) is 0.795. The molecular weight excluding hydrogens is 302 g/mol. The van der Waals surface area contributed by atoms with Crippen LogP contribution in [-0.2, 0) is 14.9 Å². The van der Waals surface area contributed by atoms with Crippen molar-refractivity contribution in [2.24, 2.45) is 0 Å². The molecule has 0 aliphatic carbocycles. The number of piperidine rings is 1. The maximum atomic E-state index is 12.0. The molecule has 132 valence electrons. The van der Waals surface area contributed by atoms with E-state index in [-0.39, 0.29) is 11.4 Å². The molecular formula is C20H29NO3. The van der Waals surface area contributed by atoms with Gasteiger partial charge in [-0.1, -0.05) is 12.1 Å². The molecule has 0 saturated carbocycles. The number of benzene rings is 1. The second kappa shape index (κ2) is 6.40. The van der Waals surface area contributed by atoms with Gasteiger partial charge in [0.05, 0.1) is 13.0 Å². The predicted octanol–water partition coefficient (Wildman–Crippen LogP) is 3.45. The second-order valence-corrected chi connectivity index (χ2v) is 8.28. The number of carbonyl (C=O) groups excluding carboxylic acids is 1. The van der Waals surface area contributed by atoms with E-state index >= 15 is 0 Å². The molecule has 4 nitrogen and oxygen atoms in total. The summed E-state index contributed by atoms with van der Waals surface area (Å²) < 4.78 is 11.4. The minimum atomic E-state index is -0.406. The Morgan fingerprint density at radius 1 is 1.38 bits per heavy atom. The fourth-order valence-corrected chi connectivity index (χ4v) is 3.88. The molecule has 1 aromatic carbocycles. The minimum Gasteiger partial charge on any atom is -0.492 e. The number of ether oxygens (including phenoxy) is 2. The summed E-state index contributed by atoms with van der Waals surface area (Å²) in [4.78, 5) is 14.4. The summed E-state index contributed by atoms with van der Waals surface area (Å²) in [5.74, 6) is 0.935. The lowest BCUT2D eigenvalue weighted by atomic mass is 9.75. The summed E-state index contributed by atoms with van der Waals surface area (Å²) in [5.41, 5.74) is 2.27. The van der Waals surface area contributed by atoms with Gasteiger partial charge < -0.3 is 14.4 Å². The van der Waals surface area contributed by atoms with E-state index in [1.54, 1.807) is 0 Å². The third-order valence-electron chi connectivity index (χ3n) is 4.92. The molecule has 0 aromatic heterocycles. The third kappa shape index (κ3) is 3.75. The number of rotatable bonds is 3. The first-order valence-corrected chi connectivity index (χ1v) is 8.96. The maximum Gasteiger partial charge on any atom is 0.307 e. The second-order valence-electron chi connectivity index (χ2n) is 8.28. The Bertz CT molecular complexity index is 620. The number of hydrogen-bond acceptors (Lipinski definition) is 4. The summed E-state index contributed by atoms with van der Waals surface area (Å²) in [5, 5.41) is 0. The van der Waals surface area contributed by atoms with Crippen molar-refractivity contribution in [1.82, 2.24) is 4.90 Å². The molecule has 1 fully saturated rings. The van der Waals surface area contributed by atoms with Gasteiger partial charge in [-0.3, -0.25) is 4.79 Å². The van der Waals surface area contributed by atoms with Gasteiger partial charge in [0.25, 0.3) is 0 Å². The number of aryl methyl sites for hydroxylation is 1. The summed E-state index contributed by atoms with van der Waals surface area (Å²) in [6.45, 7) is 11.4. The SMILES string of the molecule is Cc1ccc2c(c1)OCC21CCCN(CCC(=O)OC(C)(C)C)C1. The van der Waals surface area contributed by atoms with Crippen LogP contribution in [0.2, 0.25) is 0 Å². The molecule has 4 heteroatoms. The summed E-state index contributed by atoms with van der Waals surface area (Å²) >= 11 is 0. The maximum absolute atomic E-state index is 12.0. The Morgan fingerprint density at radius 2 is 2.17 bits per heavy atom.